The maximum absolute atomic E-state index is 11.1. The van der Waals surface area contributed by atoms with E-state index in [1.807, 2.05) is 0 Å². The van der Waals surface area contributed by atoms with Crippen LogP contribution in [-0.2, 0) is 0 Å². The summed E-state index contributed by atoms with van der Waals surface area (Å²) in [5.41, 5.74) is 0. The lowest BCUT2D eigenvalue weighted by Crippen LogP contribution is -2.12. The molecule has 0 aromatic rings. The summed E-state index contributed by atoms with van der Waals surface area (Å²) in [6, 6.07) is 0. The summed E-state index contributed by atoms with van der Waals surface area (Å²) in [6.07, 6.45) is 1.20. The van der Waals surface area contributed by atoms with Gasteiger partial charge >= 0.3 is 0 Å². The Morgan fingerprint density at radius 1 is 1.86 bits per heavy atom. The first kappa shape index (κ1) is 5.78. The third-order valence-corrected chi connectivity index (χ3v) is 0.175. The zero-order chi connectivity index (χ0) is 5.70. The van der Waals surface area contributed by atoms with Gasteiger partial charge in [-0.3, -0.25) is 0 Å². The molecule has 0 heterocycles. The van der Waals surface area contributed by atoms with Gasteiger partial charge in [-0.25, -0.2) is 0 Å². The summed E-state index contributed by atoms with van der Waals surface area (Å²) < 4.78 is 11.1. The van der Waals surface area contributed by atoms with Crippen LogP contribution in [-0.4, -0.2) is 5.34 Å². The minimum atomic E-state index is -0.552. The Hall–Kier alpha value is -1.22. The fourth-order valence-corrected chi connectivity index (χ4v) is 0.0627. The normalized spacial score (nSPS) is 8.71. The molecule has 0 saturated heterocycles. The Balaban J connectivity index is 3.31. The van der Waals surface area contributed by atoms with Crippen molar-refractivity contribution in [3.63, 3.8) is 0 Å². The largest absolute Gasteiger partial charge is 0.227 e. The van der Waals surface area contributed by atoms with Gasteiger partial charge in [0.05, 0.1) is 0 Å². The van der Waals surface area contributed by atoms with Crippen LogP contribution < -0.4 is 5.84 Å². The molecule has 0 radical (unpaired) electrons. The van der Waals surface area contributed by atoms with E-state index in [1.165, 1.54) is 6.19 Å². The molecule has 0 amide bonds. The van der Waals surface area contributed by atoms with E-state index in [4.69, 9.17) is 5.26 Å². The molecule has 0 aliphatic carbocycles. The minimum absolute atomic E-state index is 0.552. The first-order valence-corrected chi connectivity index (χ1v) is 1.27. The molecule has 0 aliphatic rings. The summed E-state index contributed by atoms with van der Waals surface area (Å²) in [7, 11) is 0. The van der Waals surface area contributed by atoms with Crippen LogP contribution in [0.15, 0.2) is 10.3 Å². The summed E-state index contributed by atoms with van der Waals surface area (Å²) in [5.74, 6) is 4.23. The molecule has 0 bridgehead atoms. The van der Waals surface area contributed by atoms with Gasteiger partial charge in [-0.2, -0.15) is 11.1 Å². The molecule has 0 fully saturated rings. The summed E-state index contributed by atoms with van der Waals surface area (Å²) in [6.45, 7) is 0. The molecule has 0 atom stereocenters. The Kier molecular flexibility index (Phi) is 2.47. The molecule has 2 N–H and O–H groups in total. The van der Waals surface area contributed by atoms with E-state index < -0.39 is 5.34 Å². The van der Waals surface area contributed by atoms with Gasteiger partial charge in [0.1, 0.15) is 0 Å². The maximum atomic E-state index is 11.1. The van der Waals surface area contributed by atoms with E-state index in [2.05, 4.69) is 16.2 Å². The predicted molar refractivity (Wildman–Crippen MR) is 17.6 cm³/mol. The van der Waals surface area contributed by atoms with Crippen molar-refractivity contribution in [3.05, 3.63) is 0 Å². The lowest BCUT2D eigenvalue weighted by atomic mass is 11.4. The van der Waals surface area contributed by atoms with Crippen molar-refractivity contribution in [2.45, 2.75) is 0 Å². The van der Waals surface area contributed by atoms with Gasteiger partial charge < -0.3 is 0 Å². The first-order chi connectivity index (χ1) is 3.27. The Morgan fingerprint density at radius 3 is 2.57 bits per heavy atom. The van der Waals surface area contributed by atoms with Crippen LogP contribution in [0.25, 0.3) is 0 Å². The van der Waals surface area contributed by atoms with E-state index in [-0.39, 0.29) is 0 Å². The molecule has 0 aromatic heterocycles. The van der Waals surface area contributed by atoms with Gasteiger partial charge in [-0.15, -0.1) is 0 Å². The van der Waals surface area contributed by atoms with Crippen LogP contribution in [0.1, 0.15) is 0 Å². The molecule has 0 spiro atoms. The number of rotatable bonds is 1. The number of hydrazine groups is 1. The zero-order valence-electron chi connectivity index (χ0n) is 3.24. The van der Waals surface area contributed by atoms with Crippen molar-refractivity contribution in [1.29, 1.82) is 5.26 Å². The Labute approximate surface area is 38.7 Å². The standard InChI is InChI=1S/CH2FN5/c2-7(4)6-5-1-3/h4H2/b6-5+. The van der Waals surface area contributed by atoms with Crippen molar-refractivity contribution >= 4 is 0 Å². The third kappa shape index (κ3) is 4.78. The summed E-state index contributed by atoms with van der Waals surface area (Å²) in [4.78, 5) is 0. The first-order valence-electron chi connectivity index (χ1n) is 1.27. The number of halogens is 1. The number of nitrogens with zero attached hydrogens (tertiary/aromatic N) is 4. The van der Waals surface area contributed by atoms with E-state index in [0.29, 0.717) is 0 Å². The molecule has 0 rings (SSSR count). The molecule has 7 heavy (non-hydrogen) atoms. The molecule has 5 nitrogen and oxygen atoms in total. The van der Waals surface area contributed by atoms with Crippen LogP contribution in [0.2, 0.25) is 0 Å². The van der Waals surface area contributed by atoms with Gasteiger partial charge in [-0.05, 0) is 15.7 Å². The predicted octanol–water partition coefficient (Wildman–Crippen LogP) is -0.105. The van der Waals surface area contributed by atoms with E-state index in [9.17, 15) is 4.48 Å². The van der Waals surface area contributed by atoms with Gasteiger partial charge in [0.2, 0.25) is 6.19 Å². The van der Waals surface area contributed by atoms with Crippen LogP contribution in [0.3, 0.4) is 0 Å². The van der Waals surface area contributed by atoms with Crippen LogP contribution in [0.4, 0.5) is 4.48 Å². The molecular formula is CH2FN5. The summed E-state index contributed by atoms with van der Waals surface area (Å²) >= 11 is 0. The van der Waals surface area contributed by atoms with Crippen molar-refractivity contribution in [2.24, 2.45) is 16.2 Å². The monoisotopic (exact) mass is 103 g/mol. The van der Waals surface area contributed by atoms with Crippen molar-refractivity contribution in [2.75, 3.05) is 0 Å². The summed E-state index contributed by atoms with van der Waals surface area (Å²) in [5, 5.41) is 12.0. The second-order valence-electron chi connectivity index (χ2n) is 0.578. The number of nitriles is 1. The second-order valence-corrected chi connectivity index (χ2v) is 0.578. The highest BCUT2D eigenvalue weighted by Gasteiger charge is 1.77. The molecule has 0 unspecified atom stereocenters. The highest BCUT2D eigenvalue weighted by Crippen LogP contribution is 1.76. The highest BCUT2D eigenvalue weighted by atomic mass is 19.2. The smallest absolute Gasteiger partial charge is 0.199 e. The van der Waals surface area contributed by atoms with Crippen LogP contribution in [0.5, 0.6) is 0 Å². The third-order valence-electron chi connectivity index (χ3n) is 0.175. The van der Waals surface area contributed by atoms with Crippen molar-refractivity contribution < 1.29 is 4.48 Å². The average molecular weight is 103 g/mol. The van der Waals surface area contributed by atoms with Gasteiger partial charge in [-0.1, -0.05) is 4.48 Å². The second kappa shape index (κ2) is 2.99. The molecule has 0 saturated carbocycles. The van der Waals surface area contributed by atoms with Crippen molar-refractivity contribution in [3.8, 4) is 6.19 Å². The van der Waals surface area contributed by atoms with Crippen molar-refractivity contribution in [1.82, 2.24) is 5.34 Å². The number of hydrogen-bond donors (Lipinski definition) is 1. The molecular weight excluding hydrogens is 101 g/mol. The fourth-order valence-electron chi connectivity index (χ4n) is 0.0627. The van der Waals surface area contributed by atoms with Gasteiger partial charge in [0, 0.05) is 0 Å². The molecule has 0 aromatic carbocycles. The van der Waals surface area contributed by atoms with E-state index >= 15 is 0 Å². The highest BCUT2D eigenvalue weighted by molar-refractivity contribution is 4.56. The molecule has 38 valence electrons. The van der Waals surface area contributed by atoms with E-state index in [1.54, 1.807) is 0 Å². The van der Waals surface area contributed by atoms with Crippen LogP contribution >= 0.6 is 0 Å². The lowest BCUT2D eigenvalue weighted by molar-refractivity contribution is 0.0182. The maximum Gasteiger partial charge on any atom is 0.227 e. The zero-order valence-corrected chi connectivity index (χ0v) is 3.24. The quantitative estimate of drug-likeness (QED) is 0.165. The van der Waals surface area contributed by atoms with Crippen LogP contribution in [0, 0.1) is 11.5 Å². The Bertz CT molecular complexity index is 99.1. The molecule has 0 aliphatic heterocycles. The SMILES string of the molecule is N#C/N=N/N(N)F. The van der Waals surface area contributed by atoms with Gasteiger partial charge in [0.15, 0.2) is 0 Å². The van der Waals surface area contributed by atoms with Gasteiger partial charge in [0.25, 0.3) is 0 Å². The molecule has 6 heteroatoms. The topological polar surface area (TPSA) is 77.8 Å². The van der Waals surface area contributed by atoms with E-state index in [0.717, 1.165) is 0 Å². The average Bonchev–Trinajstić information content (AvgIpc) is 1.61. The minimum Gasteiger partial charge on any atom is -0.199 e. The Morgan fingerprint density at radius 2 is 2.43 bits per heavy atom. The fraction of sp³-hybridized carbons (Fsp3) is 0. The number of hydrogen-bond acceptors (Lipinski definition) is 4. The number of nitrogens with two attached hydrogens (primary N) is 1. The lowest BCUT2D eigenvalue weighted by Gasteiger charge is -1.87.